The highest BCUT2D eigenvalue weighted by molar-refractivity contribution is 7.22. The maximum atomic E-state index is 13.2. The van der Waals surface area contributed by atoms with Gasteiger partial charge in [0.2, 0.25) is 0 Å². The highest BCUT2D eigenvalue weighted by Gasteiger charge is 2.39. The molecule has 42 heavy (non-hydrogen) atoms. The second-order valence-corrected chi connectivity index (χ2v) is 13.7. The number of ether oxygens (including phenoxy) is 1. The van der Waals surface area contributed by atoms with Crippen molar-refractivity contribution in [1.82, 2.24) is 14.9 Å². The van der Waals surface area contributed by atoms with Crippen molar-refractivity contribution in [3.05, 3.63) is 64.8 Å². The normalized spacial score (nSPS) is 18.0. The van der Waals surface area contributed by atoms with Gasteiger partial charge in [0.1, 0.15) is 16.9 Å². The van der Waals surface area contributed by atoms with E-state index in [2.05, 4.69) is 4.98 Å². The number of aromatic nitrogens is 2. The number of fused-ring (bicyclic) bond motifs is 2. The van der Waals surface area contributed by atoms with Crippen LogP contribution in [0.5, 0.6) is 0 Å². The average molecular weight is 603 g/mol. The summed E-state index contributed by atoms with van der Waals surface area (Å²) in [5.41, 5.74) is 4.86. The zero-order valence-electron chi connectivity index (χ0n) is 24.6. The number of thiazole rings is 1. The van der Waals surface area contributed by atoms with Gasteiger partial charge in [0.15, 0.2) is 5.78 Å². The number of anilines is 1. The van der Waals surface area contributed by atoms with E-state index in [1.807, 2.05) is 75.1 Å². The molecule has 2 aliphatic rings. The number of Topliss-reactive ketones (excluding diaryl/α,β-unsaturated/α-hetero) is 1. The second-order valence-electron chi connectivity index (χ2n) is 12.2. The first-order valence-corrected chi connectivity index (χ1v) is 15.6. The van der Waals surface area contributed by atoms with E-state index in [4.69, 9.17) is 21.3 Å². The van der Waals surface area contributed by atoms with Crippen molar-refractivity contribution in [2.75, 3.05) is 18.0 Å². The third kappa shape index (κ3) is 5.43. The monoisotopic (exact) mass is 602 g/mol. The van der Waals surface area contributed by atoms with Gasteiger partial charge in [0.05, 0.1) is 21.9 Å². The summed E-state index contributed by atoms with van der Waals surface area (Å²) in [7, 11) is 0. The van der Waals surface area contributed by atoms with Gasteiger partial charge in [-0.1, -0.05) is 23.7 Å². The van der Waals surface area contributed by atoms with Gasteiger partial charge in [-0.05, 0) is 95.3 Å². The van der Waals surface area contributed by atoms with Crippen LogP contribution in [0.15, 0.2) is 48.7 Å². The number of rotatable bonds is 6. The largest absolute Gasteiger partial charge is 0.360 e. The molecule has 1 unspecified atom stereocenters. The number of carbonyl (C=O) groups excluding carboxylic acids is 2. The van der Waals surface area contributed by atoms with Crippen molar-refractivity contribution < 1.29 is 14.3 Å². The molecule has 0 spiro atoms. The lowest BCUT2D eigenvalue weighted by Crippen LogP contribution is -2.38. The standard InChI is InChI=1S/C33H35ClN4O3S/c1-19-16-25-30(28(21-9-11-23(34)12-10-21)27(19)29(20(2)39)41-33(3,4)5)42-31(36-25)22-13-14-35-26(17-22)38-18-24-8-6-7-15-37(24)32(38)40/h9-14,16-17,24,29H,6-8,15,18H2,1-5H3/t24?,29-/m1/s1. The van der Waals surface area contributed by atoms with Crippen LogP contribution >= 0.6 is 22.9 Å². The van der Waals surface area contributed by atoms with Crippen LogP contribution in [0.2, 0.25) is 5.02 Å². The number of piperidine rings is 1. The Morgan fingerprint density at radius 2 is 1.88 bits per heavy atom. The van der Waals surface area contributed by atoms with E-state index in [0.29, 0.717) is 17.4 Å². The number of amides is 2. The van der Waals surface area contributed by atoms with Gasteiger partial charge in [-0.25, -0.2) is 14.8 Å². The number of benzene rings is 2. The van der Waals surface area contributed by atoms with Crippen molar-refractivity contribution in [3.63, 3.8) is 0 Å². The predicted molar refractivity (Wildman–Crippen MR) is 169 cm³/mol. The molecule has 4 aromatic rings. The van der Waals surface area contributed by atoms with Gasteiger partial charge in [-0.2, -0.15) is 0 Å². The minimum absolute atomic E-state index is 0.0352. The number of halogens is 1. The number of nitrogens with zero attached hydrogens (tertiary/aromatic N) is 4. The summed E-state index contributed by atoms with van der Waals surface area (Å²) >= 11 is 7.83. The summed E-state index contributed by atoms with van der Waals surface area (Å²) in [5.74, 6) is 0.592. The molecule has 2 aromatic heterocycles. The molecule has 0 bridgehead atoms. The van der Waals surface area contributed by atoms with E-state index in [1.54, 1.807) is 29.4 Å². The number of ketones is 1. The molecule has 2 amide bonds. The van der Waals surface area contributed by atoms with Crippen LogP contribution in [-0.2, 0) is 9.53 Å². The van der Waals surface area contributed by atoms with Crippen LogP contribution in [0.25, 0.3) is 31.9 Å². The smallest absolute Gasteiger partial charge is 0.326 e. The first-order chi connectivity index (χ1) is 20.0. The number of aryl methyl sites for hydroxylation is 1. The summed E-state index contributed by atoms with van der Waals surface area (Å²) < 4.78 is 7.34. The third-order valence-corrected chi connectivity index (χ3v) is 9.32. The van der Waals surface area contributed by atoms with E-state index in [0.717, 1.165) is 68.8 Å². The zero-order chi connectivity index (χ0) is 29.8. The minimum atomic E-state index is -0.738. The molecule has 2 saturated heterocycles. The number of pyridine rings is 1. The lowest BCUT2D eigenvalue weighted by molar-refractivity contribution is -0.138. The highest BCUT2D eigenvalue weighted by Crippen LogP contribution is 2.45. The van der Waals surface area contributed by atoms with E-state index < -0.39 is 11.7 Å². The van der Waals surface area contributed by atoms with Crippen LogP contribution in [0.1, 0.15) is 64.2 Å². The van der Waals surface area contributed by atoms with Gasteiger partial charge in [0, 0.05) is 41.0 Å². The van der Waals surface area contributed by atoms with Crippen molar-refractivity contribution in [3.8, 4) is 21.7 Å². The molecule has 9 heteroatoms. The van der Waals surface area contributed by atoms with Crippen LogP contribution in [0.4, 0.5) is 10.6 Å². The molecular formula is C33H35ClN4O3S. The highest BCUT2D eigenvalue weighted by atomic mass is 35.5. The summed E-state index contributed by atoms with van der Waals surface area (Å²) in [5, 5.41) is 1.46. The molecule has 0 aliphatic carbocycles. The van der Waals surface area contributed by atoms with Gasteiger partial charge in [-0.15, -0.1) is 11.3 Å². The molecule has 6 rings (SSSR count). The Bertz CT molecular complexity index is 1680. The Morgan fingerprint density at radius 3 is 2.57 bits per heavy atom. The van der Waals surface area contributed by atoms with Crippen LogP contribution in [-0.4, -0.2) is 51.4 Å². The summed E-state index contributed by atoms with van der Waals surface area (Å²) in [6.45, 7) is 10.9. The Hall–Kier alpha value is -3.33. The molecular weight excluding hydrogens is 568 g/mol. The third-order valence-electron chi connectivity index (χ3n) is 7.93. The first kappa shape index (κ1) is 28.8. The molecule has 7 nitrogen and oxygen atoms in total. The predicted octanol–water partition coefficient (Wildman–Crippen LogP) is 8.23. The Labute approximate surface area is 255 Å². The lowest BCUT2D eigenvalue weighted by Gasteiger charge is -2.29. The van der Waals surface area contributed by atoms with Crippen molar-refractivity contribution in [2.24, 2.45) is 0 Å². The topological polar surface area (TPSA) is 75.6 Å². The van der Waals surface area contributed by atoms with Gasteiger partial charge in [-0.3, -0.25) is 9.69 Å². The molecule has 4 heterocycles. The van der Waals surface area contributed by atoms with E-state index >= 15 is 0 Å². The number of carbonyl (C=O) groups is 2. The molecule has 2 fully saturated rings. The fourth-order valence-electron chi connectivity index (χ4n) is 6.05. The minimum Gasteiger partial charge on any atom is -0.360 e. The maximum Gasteiger partial charge on any atom is 0.326 e. The zero-order valence-corrected chi connectivity index (χ0v) is 26.2. The second kappa shape index (κ2) is 11.1. The SMILES string of the molecule is CC(=O)[C@@H](OC(C)(C)C)c1c(C)cc2nc(-c3ccnc(N4CC5CCCCN5C4=O)c3)sc2c1-c1ccc(Cl)cc1. The fraction of sp³-hybridized carbons (Fsp3) is 0.394. The van der Waals surface area contributed by atoms with E-state index in [-0.39, 0.29) is 17.9 Å². The van der Waals surface area contributed by atoms with E-state index in [9.17, 15) is 9.59 Å². The van der Waals surface area contributed by atoms with Gasteiger partial charge >= 0.3 is 6.03 Å². The van der Waals surface area contributed by atoms with E-state index in [1.165, 1.54) is 0 Å². The Kier molecular flexibility index (Phi) is 7.58. The number of urea groups is 1. The van der Waals surface area contributed by atoms with Crippen molar-refractivity contribution >= 4 is 50.8 Å². The molecule has 2 aliphatic heterocycles. The van der Waals surface area contributed by atoms with Crippen LogP contribution in [0.3, 0.4) is 0 Å². The molecule has 0 radical (unpaired) electrons. The number of hydrogen-bond acceptors (Lipinski definition) is 6. The molecule has 0 saturated carbocycles. The molecule has 2 atom stereocenters. The summed E-state index contributed by atoms with van der Waals surface area (Å²) in [6, 6.07) is 13.9. The quantitative estimate of drug-likeness (QED) is 0.222. The first-order valence-electron chi connectivity index (χ1n) is 14.4. The molecule has 0 N–H and O–H groups in total. The van der Waals surface area contributed by atoms with Gasteiger partial charge in [0.25, 0.3) is 0 Å². The van der Waals surface area contributed by atoms with Crippen LogP contribution in [0, 0.1) is 6.92 Å². The van der Waals surface area contributed by atoms with Gasteiger partial charge < -0.3 is 9.64 Å². The fourth-order valence-corrected chi connectivity index (χ4v) is 7.30. The van der Waals surface area contributed by atoms with Crippen molar-refractivity contribution in [1.29, 1.82) is 0 Å². The molecule has 2 aromatic carbocycles. The van der Waals surface area contributed by atoms with Crippen molar-refractivity contribution in [2.45, 2.75) is 71.6 Å². The lowest BCUT2D eigenvalue weighted by atomic mass is 9.90. The maximum absolute atomic E-state index is 13.2. The Balaban J connectivity index is 1.48. The summed E-state index contributed by atoms with van der Waals surface area (Å²) in [6.07, 6.45) is 4.26. The summed E-state index contributed by atoms with van der Waals surface area (Å²) in [4.78, 5) is 39.7. The number of hydrogen-bond donors (Lipinski definition) is 0. The Morgan fingerprint density at radius 1 is 1.12 bits per heavy atom. The molecule has 218 valence electrons. The van der Waals surface area contributed by atoms with Crippen LogP contribution < -0.4 is 4.90 Å². The average Bonchev–Trinajstić information content (AvgIpc) is 3.52.